The third kappa shape index (κ3) is 2.94. The smallest absolute Gasteiger partial charge is 0.115 e. The van der Waals surface area contributed by atoms with Crippen LogP contribution >= 0.6 is 0 Å². The topological polar surface area (TPSA) is 120 Å². The summed E-state index contributed by atoms with van der Waals surface area (Å²) in [5.74, 6) is 0. The summed E-state index contributed by atoms with van der Waals surface area (Å²) in [5.41, 5.74) is 0. The van der Waals surface area contributed by atoms with Gasteiger partial charge in [0.1, 0.15) is 36.6 Å². The fourth-order valence-electron chi connectivity index (χ4n) is 2.01. The van der Waals surface area contributed by atoms with Gasteiger partial charge in [0.25, 0.3) is 0 Å². The van der Waals surface area contributed by atoms with E-state index < -0.39 is 49.3 Å². The van der Waals surface area contributed by atoms with Gasteiger partial charge in [-0.25, -0.2) is 0 Å². The average Bonchev–Trinajstić information content (AvgIpc) is 2.29. The highest BCUT2D eigenvalue weighted by Gasteiger charge is 2.47. The first kappa shape index (κ1) is 14.8. The second-order valence-corrected chi connectivity index (χ2v) is 4.23. The quantitative estimate of drug-likeness (QED) is 0.367. The molecule has 17 heavy (non-hydrogen) atoms. The van der Waals surface area contributed by atoms with Crippen LogP contribution in [-0.2, 0) is 9.47 Å². The molecule has 1 aliphatic heterocycles. The van der Waals surface area contributed by atoms with Gasteiger partial charge in [0.05, 0.1) is 12.7 Å². The lowest BCUT2D eigenvalue weighted by Gasteiger charge is -2.43. The Hall–Kier alpha value is -0.280. The predicted molar refractivity (Wildman–Crippen MR) is 56.2 cm³/mol. The van der Waals surface area contributed by atoms with Gasteiger partial charge in [-0.1, -0.05) is 0 Å². The van der Waals surface area contributed by atoms with Crippen molar-refractivity contribution in [1.82, 2.24) is 0 Å². The second-order valence-electron chi connectivity index (χ2n) is 4.23. The lowest BCUT2D eigenvalue weighted by atomic mass is 9.91. The lowest BCUT2D eigenvalue weighted by Crippen LogP contribution is -2.63. The van der Waals surface area contributed by atoms with Crippen molar-refractivity contribution in [2.24, 2.45) is 0 Å². The van der Waals surface area contributed by atoms with Crippen LogP contribution in [-0.4, -0.2) is 82.0 Å². The summed E-state index contributed by atoms with van der Waals surface area (Å²) in [6.45, 7) is 0.952. The van der Waals surface area contributed by atoms with E-state index in [1.807, 2.05) is 0 Å². The summed E-state index contributed by atoms with van der Waals surface area (Å²) in [5, 5.41) is 47.4. The Morgan fingerprint density at radius 2 is 1.76 bits per heavy atom. The van der Waals surface area contributed by atoms with Crippen LogP contribution in [0.4, 0.5) is 0 Å². The van der Waals surface area contributed by atoms with Crippen molar-refractivity contribution in [3.05, 3.63) is 0 Å². The van der Waals surface area contributed by atoms with Crippen LogP contribution in [0.1, 0.15) is 6.92 Å². The molecule has 102 valence electrons. The van der Waals surface area contributed by atoms with Gasteiger partial charge in [0.15, 0.2) is 0 Å². The third-order valence-corrected chi connectivity index (χ3v) is 3.00. The van der Waals surface area contributed by atoms with Crippen molar-refractivity contribution in [3.8, 4) is 0 Å². The average molecular weight is 252 g/mol. The van der Waals surface area contributed by atoms with Crippen molar-refractivity contribution in [3.63, 3.8) is 0 Å². The Morgan fingerprint density at radius 3 is 2.18 bits per heavy atom. The molecule has 0 aromatic rings. The van der Waals surface area contributed by atoms with Crippen molar-refractivity contribution in [1.29, 1.82) is 0 Å². The number of hydrogen-bond donors (Lipinski definition) is 5. The molecule has 7 atom stereocenters. The molecule has 1 fully saturated rings. The molecule has 5 N–H and O–H groups in total. The highest BCUT2D eigenvalue weighted by molar-refractivity contribution is 4.96. The van der Waals surface area contributed by atoms with Gasteiger partial charge in [0, 0.05) is 7.11 Å². The predicted octanol–water partition coefficient (Wildman–Crippen LogP) is -2.78. The minimum Gasteiger partial charge on any atom is -0.394 e. The van der Waals surface area contributed by atoms with E-state index in [1.165, 1.54) is 14.0 Å². The SMILES string of the molecule is COC(C(C)O)C1O[C@H](CO)[C@@H](O)[C@H](O)[C@H]1O. The maximum atomic E-state index is 9.76. The highest BCUT2D eigenvalue weighted by atomic mass is 16.6. The van der Waals surface area contributed by atoms with Crippen LogP contribution in [0.2, 0.25) is 0 Å². The number of ether oxygens (including phenoxy) is 2. The van der Waals surface area contributed by atoms with Crippen LogP contribution in [0.25, 0.3) is 0 Å². The Bertz CT molecular complexity index is 233. The molecule has 7 heteroatoms. The minimum atomic E-state index is -1.46. The number of aliphatic hydroxyl groups is 5. The van der Waals surface area contributed by atoms with Gasteiger partial charge in [-0.05, 0) is 6.92 Å². The zero-order valence-electron chi connectivity index (χ0n) is 9.80. The molecule has 0 radical (unpaired) electrons. The molecule has 1 saturated heterocycles. The summed E-state index contributed by atoms with van der Waals surface area (Å²) in [7, 11) is 1.33. The van der Waals surface area contributed by atoms with Gasteiger partial charge in [0.2, 0.25) is 0 Å². The van der Waals surface area contributed by atoms with E-state index in [9.17, 15) is 20.4 Å². The molecular weight excluding hydrogens is 232 g/mol. The molecule has 0 aliphatic carbocycles. The fourth-order valence-corrected chi connectivity index (χ4v) is 2.01. The van der Waals surface area contributed by atoms with Crippen molar-refractivity contribution in [2.45, 2.75) is 49.7 Å². The van der Waals surface area contributed by atoms with E-state index in [1.54, 1.807) is 0 Å². The van der Waals surface area contributed by atoms with Gasteiger partial charge >= 0.3 is 0 Å². The molecule has 0 amide bonds. The molecular formula is C10H20O7. The fraction of sp³-hybridized carbons (Fsp3) is 1.00. The third-order valence-electron chi connectivity index (χ3n) is 3.00. The summed E-state index contributed by atoms with van der Waals surface area (Å²) >= 11 is 0. The summed E-state index contributed by atoms with van der Waals surface area (Å²) in [4.78, 5) is 0. The molecule has 0 saturated carbocycles. The first-order valence-electron chi connectivity index (χ1n) is 5.45. The first-order chi connectivity index (χ1) is 7.93. The normalized spacial score (nSPS) is 42.2. The molecule has 0 bridgehead atoms. The molecule has 1 heterocycles. The van der Waals surface area contributed by atoms with E-state index in [2.05, 4.69) is 0 Å². The van der Waals surface area contributed by atoms with Gasteiger partial charge in [-0.2, -0.15) is 0 Å². The summed E-state index contributed by atoms with van der Waals surface area (Å²) in [6, 6.07) is 0. The number of methoxy groups -OCH3 is 1. The Morgan fingerprint density at radius 1 is 1.18 bits per heavy atom. The Labute approximate surface area is 99.2 Å². The molecule has 1 aliphatic rings. The van der Waals surface area contributed by atoms with Gasteiger partial charge < -0.3 is 35.0 Å². The monoisotopic (exact) mass is 252 g/mol. The van der Waals surface area contributed by atoms with Gasteiger partial charge in [-0.3, -0.25) is 0 Å². The van der Waals surface area contributed by atoms with Crippen LogP contribution in [0.3, 0.4) is 0 Å². The Balaban J connectivity index is 2.84. The van der Waals surface area contributed by atoms with Crippen LogP contribution in [0, 0.1) is 0 Å². The molecule has 3 unspecified atom stereocenters. The lowest BCUT2D eigenvalue weighted by molar-refractivity contribution is -0.259. The molecule has 1 rings (SSSR count). The van der Waals surface area contributed by atoms with E-state index in [0.29, 0.717) is 0 Å². The zero-order chi connectivity index (χ0) is 13.2. The molecule has 0 spiro atoms. The summed E-state index contributed by atoms with van der Waals surface area (Å²) in [6.07, 6.45) is -8.06. The zero-order valence-corrected chi connectivity index (χ0v) is 9.80. The van der Waals surface area contributed by atoms with E-state index in [4.69, 9.17) is 14.6 Å². The molecule has 0 aromatic heterocycles. The molecule has 7 nitrogen and oxygen atoms in total. The van der Waals surface area contributed by atoms with E-state index in [0.717, 1.165) is 0 Å². The minimum absolute atomic E-state index is 0.502. The van der Waals surface area contributed by atoms with Crippen LogP contribution in [0.15, 0.2) is 0 Å². The van der Waals surface area contributed by atoms with E-state index in [-0.39, 0.29) is 0 Å². The van der Waals surface area contributed by atoms with Crippen molar-refractivity contribution in [2.75, 3.05) is 13.7 Å². The van der Waals surface area contributed by atoms with Gasteiger partial charge in [-0.15, -0.1) is 0 Å². The van der Waals surface area contributed by atoms with E-state index >= 15 is 0 Å². The van der Waals surface area contributed by atoms with Crippen molar-refractivity contribution < 1.29 is 35.0 Å². The number of hydrogen-bond acceptors (Lipinski definition) is 7. The van der Waals surface area contributed by atoms with Crippen LogP contribution < -0.4 is 0 Å². The largest absolute Gasteiger partial charge is 0.394 e. The van der Waals surface area contributed by atoms with Crippen LogP contribution in [0.5, 0.6) is 0 Å². The second kappa shape index (κ2) is 6.05. The number of aliphatic hydroxyl groups excluding tert-OH is 5. The highest BCUT2D eigenvalue weighted by Crippen LogP contribution is 2.25. The first-order valence-corrected chi connectivity index (χ1v) is 5.45. The maximum Gasteiger partial charge on any atom is 0.115 e. The standard InChI is InChI=1S/C10H20O7/c1-4(12)9(16-2)10-8(15)7(14)6(13)5(3-11)17-10/h4-15H,3H2,1-2H3/t4?,5-,6-,7+,8-,9?,10?/m1/s1. The summed E-state index contributed by atoms with van der Waals surface area (Å²) < 4.78 is 10.2. The van der Waals surface area contributed by atoms with Crippen molar-refractivity contribution >= 4 is 0 Å². The molecule has 0 aromatic carbocycles. The Kier molecular flexibility index (Phi) is 5.26. The number of rotatable bonds is 4. The maximum absolute atomic E-state index is 9.76.